The maximum Gasteiger partial charge on any atom is 0.306 e. The molecule has 1 unspecified atom stereocenters. The van der Waals surface area contributed by atoms with Gasteiger partial charge in [-0.25, -0.2) is 0 Å². The molecule has 0 radical (unpaired) electrons. The topological polar surface area (TPSA) is 78.9 Å². The van der Waals surface area contributed by atoms with Gasteiger partial charge in [-0.05, 0) is 44.9 Å². The maximum atomic E-state index is 12.8. The van der Waals surface area contributed by atoms with Crippen molar-refractivity contribution < 1.29 is 28.6 Å². The van der Waals surface area contributed by atoms with Gasteiger partial charge in [0, 0.05) is 19.3 Å². The predicted octanol–water partition coefficient (Wildman–Crippen LogP) is 20.1. The summed E-state index contributed by atoms with van der Waals surface area (Å²) in [5.74, 6) is -0.841. The highest BCUT2D eigenvalue weighted by atomic mass is 16.6. The van der Waals surface area contributed by atoms with Crippen molar-refractivity contribution in [3.8, 4) is 0 Å². The van der Waals surface area contributed by atoms with Crippen LogP contribution in [0.2, 0.25) is 0 Å². The van der Waals surface area contributed by atoms with Gasteiger partial charge in [0.2, 0.25) is 0 Å². The molecule has 0 aromatic rings. The predicted molar refractivity (Wildman–Crippen MR) is 289 cm³/mol. The van der Waals surface area contributed by atoms with Gasteiger partial charge in [-0.1, -0.05) is 290 Å². The largest absolute Gasteiger partial charge is 0.462 e. The van der Waals surface area contributed by atoms with Crippen molar-refractivity contribution in [1.82, 2.24) is 0 Å². The third kappa shape index (κ3) is 55.0. The van der Waals surface area contributed by atoms with Crippen LogP contribution in [0.25, 0.3) is 0 Å². The molecule has 0 amide bonds. The first-order valence-corrected chi connectivity index (χ1v) is 30.2. The van der Waals surface area contributed by atoms with Crippen LogP contribution in [0.5, 0.6) is 0 Å². The highest BCUT2D eigenvalue weighted by molar-refractivity contribution is 5.71. The van der Waals surface area contributed by atoms with E-state index in [1.54, 1.807) is 0 Å². The number of hydrogen-bond acceptors (Lipinski definition) is 6. The SMILES string of the molecule is CCCCCCCCCC/C=C\CCCCCCCCCCCCCCCC(=O)OCC(COC(=O)CCCCCCCCCCCCC)OC(=O)CCCCCCCCCCCCCCC. The molecular weight excluding hydrogens is 829 g/mol. The van der Waals surface area contributed by atoms with Crippen LogP contribution in [0, 0.1) is 0 Å². The van der Waals surface area contributed by atoms with Crippen molar-refractivity contribution in [3.63, 3.8) is 0 Å². The van der Waals surface area contributed by atoms with Gasteiger partial charge in [0.15, 0.2) is 6.10 Å². The van der Waals surface area contributed by atoms with Crippen molar-refractivity contribution >= 4 is 17.9 Å². The zero-order valence-corrected chi connectivity index (χ0v) is 45.5. The number of allylic oxidation sites excluding steroid dienone is 2. The Balaban J connectivity index is 4.15. The molecule has 0 aliphatic rings. The van der Waals surface area contributed by atoms with Gasteiger partial charge in [0.25, 0.3) is 0 Å². The summed E-state index contributed by atoms with van der Waals surface area (Å²) in [6.07, 6.45) is 65.0. The first-order chi connectivity index (χ1) is 33.0. The summed E-state index contributed by atoms with van der Waals surface area (Å²) in [6.45, 7) is 6.69. The first kappa shape index (κ1) is 65.1. The average Bonchev–Trinajstić information content (AvgIpc) is 3.33. The number of hydrogen-bond donors (Lipinski definition) is 0. The molecule has 0 aliphatic carbocycles. The van der Waals surface area contributed by atoms with E-state index in [-0.39, 0.29) is 31.1 Å². The number of rotatable bonds is 56. The van der Waals surface area contributed by atoms with Crippen molar-refractivity contribution in [3.05, 3.63) is 12.2 Å². The van der Waals surface area contributed by atoms with E-state index >= 15 is 0 Å². The first-order valence-electron chi connectivity index (χ1n) is 30.2. The highest BCUT2D eigenvalue weighted by Gasteiger charge is 2.19. The molecule has 396 valence electrons. The Morgan fingerprint density at radius 3 is 0.746 bits per heavy atom. The minimum atomic E-state index is -0.763. The molecule has 6 heteroatoms. The summed E-state index contributed by atoms with van der Waals surface area (Å²) >= 11 is 0. The standard InChI is InChI=1S/C61H116O6/c1-4-7-10-13-16-19-22-24-25-26-27-28-29-30-31-32-33-34-35-37-39-42-45-48-51-54-60(63)66-57-58(56-65-59(62)53-50-47-44-41-38-21-18-15-12-9-6-3)67-61(64)55-52-49-46-43-40-36-23-20-17-14-11-8-5-2/h26-27,58H,4-25,28-57H2,1-3H3/b27-26-. The van der Waals surface area contributed by atoms with E-state index in [0.717, 1.165) is 57.8 Å². The van der Waals surface area contributed by atoms with Crippen LogP contribution in [-0.2, 0) is 28.6 Å². The lowest BCUT2D eigenvalue weighted by Gasteiger charge is -2.18. The van der Waals surface area contributed by atoms with Gasteiger partial charge < -0.3 is 14.2 Å². The molecule has 0 heterocycles. The van der Waals surface area contributed by atoms with E-state index in [2.05, 4.69) is 32.9 Å². The van der Waals surface area contributed by atoms with Gasteiger partial charge >= 0.3 is 17.9 Å². The van der Waals surface area contributed by atoms with E-state index in [1.807, 2.05) is 0 Å². The van der Waals surface area contributed by atoms with Crippen LogP contribution in [0.3, 0.4) is 0 Å². The Bertz CT molecular complexity index is 1040. The van der Waals surface area contributed by atoms with Crippen LogP contribution >= 0.6 is 0 Å². The normalized spacial score (nSPS) is 12.0. The van der Waals surface area contributed by atoms with E-state index in [4.69, 9.17) is 14.2 Å². The van der Waals surface area contributed by atoms with E-state index in [0.29, 0.717) is 19.3 Å². The maximum absolute atomic E-state index is 12.8. The molecule has 0 rings (SSSR count). The van der Waals surface area contributed by atoms with Gasteiger partial charge in [-0.15, -0.1) is 0 Å². The van der Waals surface area contributed by atoms with Crippen molar-refractivity contribution in [2.24, 2.45) is 0 Å². The fraction of sp³-hybridized carbons (Fsp3) is 0.918. The molecule has 0 aromatic heterocycles. The average molecular weight is 946 g/mol. The van der Waals surface area contributed by atoms with Crippen LogP contribution in [-0.4, -0.2) is 37.2 Å². The van der Waals surface area contributed by atoms with Crippen molar-refractivity contribution in [2.75, 3.05) is 13.2 Å². The van der Waals surface area contributed by atoms with Gasteiger partial charge in [0.05, 0.1) is 0 Å². The second-order valence-electron chi connectivity index (χ2n) is 20.6. The van der Waals surface area contributed by atoms with Crippen LogP contribution in [0.4, 0.5) is 0 Å². The Kier molecular flexibility index (Phi) is 55.2. The lowest BCUT2D eigenvalue weighted by Crippen LogP contribution is -2.30. The van der Waals surface area contributed by atoms with Crippen molar-refractivity contribution in [2.45, 2.75) is 348 Å². The molecule has 6 nitrogen and oxygen atoms in total. The summed E-state index contributed by atoms with van der Waals surface area (Å²) in [5.41, 5.74) is 0. The zero-order valence-electron chi connectivity index (χ0n) is 45.5. The molecule has 0 spiro atoms. The Morgan fingerprint density at radius 1 is 0.284 bits per heavy atom. The third-order valence-electron chi connectivity index (χ3n) is 13.8. The summed E-state index contributed by atoms with van der Waals surface area (Å²) < 4.78 is 16.9. The smallest absolute Gasteiger partial charge is 0.306 e. The quantitative estimate of drug-likeness (QED) is 0.0262. The molecule has 0 bridgehead atoms. The molecule has 1 atom stereocenters. The van der Waals surface area contributed by atoms with E-state index < -0.39 is 6.10 Å². The minimum Gasteiger partial charge on any atom is -0.462 e. The molecular formula is C61H116O6. The number of carbonyl (C=O) groups excluding carboxylic acids is 3. The molecule has 0 saturated carbocycles. The van der Waals surface area contributed by atoms with Crippen LogP contribution in [0.1, 0.15) is 342 Å². The fourth-order valence-electron chi connectivity index (χ4n) is 9.21. The Hall–Kier alpha value is -1.85. The van der Waals surface area contributed by atoms with Crippen LogP contribution in [0.15, 0.2) is 12.2 Å². The zero-order chi connectivity index (χ0) is 48.6. The summed E-state index contributed by atoms with van der Waals surface area (Å²) in [4.78, 5) is 38.1. The summed E-state index contributed by atoms with van der Waals surface area (Å²) in [5, 5.41) is 0. The fourth-order valence-corrected chi connectivity index (χ4v) is 9.21. The third-order valence-corrected chi connectivity index (χ3v) is 13.8. The second-order valence-corrected chi connectivity index (χ2v) is 20.6. The molecule has 0 saturated heterocycles. The molecule has 0 fully saturated rings. The Labute approximate surface area is 418 Å². The number of unbranched alkanes of at least 4 members (excludes halogenated alkanes) is 43. The number of esters is 3. The van der Waals surface area contributed by atoms with Crippen LogP contribution < -0.4 is 0 Å². The summed E-state index contributed by atoms with van der Waals surface area (Å²) in [6, 6.07) is 0. The van der Waals surface area contributed by atoms with Gasteiger partial charge in [-0.3, -0.25) is 14.4 Å². The highest BCUT2D eigenvalue weighted by Crippen LogP contribution is 2.17. The lowest BCUT2D eigenvalue weighted by molar-refractivity contribution is -0.167. The van der Waals surface area contributed by atoms with Gasteiger partial charge in [-0.2, -0.15) is 0 Å². The molecule has 0 N–H and O–H groups in total. The second kappa shape index (κ2) is 56.7. The van der Waals surface area contributed by atoms with E-state index in [9.17, 15) is 14.4 Å². The lowest BCUT2D eigenvalue weighted by atomic mass is 10.0. The van der Waals surface area contributed by atoms with Crippen molar-refractivity contribution in [1.29, 1.82) is 0 Å². The minimum absolute atomic E-state index is 0.0637. The molecule has 0 aromatic carbocycles. The van der Waals surface area contributed by atoms with E-state index in [1.165, 1.54) is 244 Å². The Morgan fingerprint density at radius 2 is 0.493 bits per heavy atom. The molecule has 0 aliphatic heterocycles. The van der Waals surface area contributed by atoms with Gasteiger partial charge in [0.1, 0.15) is 13.2 Å². The molecule has 67 heavy (non-hydrogen) atoms. The number of ether oxygens (including phenoxy) is 3. The summed E-state index contributed by atoms with van der Waals surface area (Å²) in [7, 11) is 0. The number of carbonyl (C=O) groups is 3. The monoisotopic (exact) mass is 945 g/mol.